The highest BCUT2D eigenvalue weighted by atomic mass is 16.1. The predicted octanol–water partition coefficient (Wildman–Crippen LogP) is 4.27. The minimum atomic E-state index is -0.232. The molecule has 2 N–H and O–H groups in total. The fourth-order valence-corrected chi connectivity index (χ4v) is 3.58. The molecule has 1 aliphatic carbocycles. The summed E-state index contributed by atoms with van der Waals surface area (Å²) in [6.45, 7) is 6.11. The zero-order valence-electron chi connectivity index (χ0n) is 14.3. The quantitative estimate of drug-likeness (QED) is 0.920. The van der Waals surface area contributed by atoms with Crippen molar-refractivity contribution in [3.8, 4) is 11.3 Å². The van der Waals surface area contributed by atoms with Crippen LogP contribution >= 0.6 is 0 Å². The van der Waals surface area contributed by atoms with Gasteiger partial charge in [-0.05, 0) is 68.5 Å². The van der Waals surface area contributed by atoms with Gasteiger partial charge in [0.25, 0.3) is 5.56 Å². The van der Waals surface area contributed by atoms with Crippen LogP contribution in [-0.4, -0.2) is 4.57 Å². The van der Waals surface area contributed by atoms with E-state index >= 15 is 0 Å². The van der Waals surface area contributed by atoms with Crippen molar-refractivity contribution >= 4 is 0 Å². The van der Waals surface area contributed by atoms with Crippen LogP contribution in [0.3, 0.4) is 0 Å². The number of hydrogen-bond donors (Lipinski definition) is 1. The summed E-state index contributed by atoms with van der Waals surface area (Å²) in [7, 11) is 0. The SMILES string of the molecule is Cc1ccc(-c2ccc(C(C)N)c(=O)n2C2CCCC2)cc1C. The van der Waals surface area contributed by atoms with Gasteiger partial charge in [0.05, 0.1) is 5.69 Å². The average molecular weight is 310 g/mol. The minimum Gasteiger partial charge on any atom is -0.324 e. The van der Waals surface area contributed by atoms with E-state index in [1.165, 1.54) is 24.0 Å². The van der Waals surface area contributed by atoms with Crippen molar-refractivity contribution in [2.24, 2.45) is 5.73 Å². The Kier molecular flexibility index (Phi) is 4.40. The van der Waals surface area contributed by atoms with Crippen LogP contribution in [0.1, 0.15) is 61.4 Å². The molecule has 1 aliphatic rings. The molecule has 1 unspecified atom stereocenters. The number of nitrogens with two attached hydrogens (primary N) is 1. The molecule has 1 saturated carbocycles. The summed E-state index contributed by atoms with van der Waals surface area (Å²) >= 11 is 0. The molecule has 122 valence electrons. The molecule has 1 atom stereocenters. The van der Waals surface area contributed by atoms with Gasteiger partial charge in [-0.15, -0.1) is 0 Å². The zero-order chi connectivity index (χ0) is 16.6. The average Bonchev–Trinajstić information content (AvgIpc) is 3.03. The number of rotatable bonds is 3. The van der Waals surface area contributed by atoms with E-state index in [0.717, 1.165) is 24.1 Å². The summed E-state index contributed by atoms with van der Waals surface area (Å²) in [5.74, 6) is 0. The van der Waals surface area contributed by atoms with Gasteiger partial charge in [0.15, 0.2) is 0 Å². The van der Waals surface area contributed by atoms with E-state index in [2.05, 4.69) is 38.1 Å². The number of benzene rings is 1. The van der Waals surface area contributed by atoms with Crippen LogP contribution in [0.4, 0.5) is 0 Å². The summed E-state index contributed by atoms with van der Waals surface area (Å²) in [5.41, 5.74) is 11.5. The predicted molar refractivity (Wildman–Crippen MR) is 95.7 cm³/mol. The Morgan fingerprint density at radius 1 is 1.09 bits per heavy atom. The van der Waals surface area contributed by atoms with E-state index in [9.17, 15) is 4.79 Å². The topological polar surface area (TPSA) is 48.0 Å². The van der Waals surface area contributed by atoms with Gasteiger partial charge in [-0.1, -0.05) is 25.0 Å². The Morgan fingerprint density at radius 3 is 2.39 bits per heavy atom. The second kappa shape index (κ2) is 6.32. The molecule has 0 aliphatic heterocycles. The summed E-state index contributed by atoms with van der Waals surface area (Å²) < 4.78 is 2.01. The Bertz CT molecular complexity index is 768. The monoisotopic (exact) mass is 310 g/mol. The third kappa shape index (κ3) is 2.98. The summed E-state index contributed by atoms with van der Waals surface area (Å²) in [6.07, 6.45) is 4.57. The number of aryl methyl sites for hydroxylation is 2. The second-order valence-electron chi connectivity index (χ2n) is 6.88. The zero-order valence-corrected chi connectivity index (χ0v) is 14.3. The maximum atomic E-state index is 13.0. The van der Waals surface area contributed by atoms with Crippen molar-refractivity contribution in [2.45, 2.75) is 58.5 Å². The van der Waals surface area contributed by atoms with Crippen LogP contribution in [0.5, 0.6) is 0 Å². The first-order chi connectivity index (χ1) is 11.0. The van der Waals surface area contributed by atoms with Crippen LogP contribution in [0.25, 0.3) is 11.3 Å². The van der Waals surface area contributed by atoms with E-state index in [-0.39, 0.29) is 11.6 Å². The summed E-state index contributed by atoms with van der Waals surface area (Å²) in [6, 6.07) is 10.5. The lowest BCUT2D eigenvalue weighted by atomic mass is 10.0. The Balaban J connectivity index is 2.21. The standard InChI is InChI=1S/C20H26N2O/c1-13-8-9-16(12-14(13)2)19-11-10-18(15(3)21)20(23)22(19)17-6-4-5-7-17/h8-12,15,17H,4-7,21H2,1-3H3. The molecule has 0 saturated heterocycles. The molecule has 23 heavy (non-hydrogen) atoms. The first-order valence-electron chi connectivity index (χ1n) is 8.57. The van der Waals surface area contributed by atoms with E-state index < -0.39 is 0 Å². The maximum absolute atomic E-state index is 13.0. The molecule has 3 nitrogen and oxygen atoms in total. The molecule has 1 fully saturated rings. The number of aromatic nitrogens is 1. The normalized spacial score (nSPS) is 16.7. The molecule has 1 aromatic heterocycles. The van der Waals surface area contributed by atoms with E-state index in [0.29, 0.717) is 11.6 Å². The van der Waals surface area contributed by atoms with Gasteiger partial charge in [-0.3, -0.25) is 4.79 Å². The van der Waals surface area contributed by atoms with Crippen LogP contribution in [-0.2, 0) is 0 Å². The largest absolute Gasteiger partial charge is 0.324 e. The van der Waals surface area contributed by atoms with Crippen molar-refractivity contribution in [3.63, 3.8) is 0 Å². The van der Waals surface area contributed by atoms with E-state index in [1.54, 1.807) is 0 Å². The van der Waals surface area contributed by atoms with Crippen LogP contribution in [0.15, 0.2) is 35.1 Å². The Hall–Kier alpha value is -1.87. The second-order valence-corrected chi connectivity index (χ2v) is 6.88. The number of pyridine rings is 1. The lowest BCUT2D eigenvalue weighted by Gasteiger charge is -2.21. The number of nitrogens with zero attached hydrogens (tertiary/aromatic N) is 1. The highest BCUT2D eigenvalue weighted by Crippen LogP contribution is 2.33. The van der Waals surface area contributed by atoms with Crippen molar-refractivity contribution in [1.82, 2.24) is 4.57 Å². The molecule has 1 aromatic carbocycles. The molecule has 1 heterocycles. The number of hydrogen-bond acceptors (Lipinski definition) is 2. The molecule has 2 aromatic rings. The van der Waals surface area contributed by atoms with Crippen LogP contribution in [0, 0.1) is 13.8 Å². The highest BCUT2D eigenvalue weighted by molar-refractivity contribution is 5.62. The van der Waals surface area contributed by atoms with Gasteiger partial charge < -0.3 is 10.3 Å². The van der Waals surface area contributed by atoms with Gasteiger partial charge in [-0.2, -0.15) is 0 Å². The molecule has 0 bridgehead atoms. The van der Waals surface area contributed by atoms with Gasteiger partial charge in [-0.25, -0.2) is 0 Å². The summed E-state index contributed by atoms with van der Waals surface area (Å²) in [5, 5.41) is 0. The third-order valence-electron chi connectivity index (χ3n) is 5.13. The summed E-state index contributed by atoms with van der Waals surface area (Å²) in [4.78, 5) is 13.0. The van der Waals surface area contributed by atoms with Gasteiger partial charge in [0.1, 0.15) is 0 Å². The Morgan fingerprint density at radius 2 is 1.78 bits per heavy atom. The molecule has 3 heteroatoms. The van der Waals surface area contributed by atoms with Crippen molar-refractivity contribution in [2.75, 3.05) is 0 Å². The van der Waals surface area contributed by atoms with E-state index in [1.807, 2.05) is 17.6 Å². The molecular weight excluding hydrogens is 284 g/mol. The fourth-order valence-electron chi connectivity index (χ4n) is 3.58. The molecule has 0 amide bonds. The maximum Gasteiger partial charge on any atom is 0.256 e. The lowest BCUT2D eigenvalue weighted by molar-refractivity contribution is 0.502. The first-order valence-corrected chi connectivity index (χ1v) is 8.57. The smallest absolute Gasteiger partial charge is 0.256 e. The van der Waals surface area contributed by atoms with Crippen LogP contribution < -0.4 is 11.3 Å². The van der Waals surface area contributed by atoms with Crippen molar-refractivity contribution in [1.29, 1.82) is 0 Å². The van der Waals surface area contributed by atoms with Gasteiger partial charge >= 0.3 is 0 Å². The third-order valence-corrected chi connectivity index (χ3v) is 5.13. The molecular formula is C20H26N2O. The van der Waals surface area contributed by atoms with Gasteiger partial charge in [0, 0.05) is 17.6 Å². The molecule has 0 radical (unpaired) electrons. The molecule has 0 spiro atoms. The van der Waals surface area contributed by atoms with Crippen molar-refractivity contribution < 1.29 is 0 Å². The van der Waals surface area contributed by atoms with E-state index in [4.69, 9.17) is 5.73 Å². The van der Waals surface area contributed by atoms with Gasteiger partial charge in [0.2, 0.25) is 0 Å². The highest BCUT2D eigenvalue weighted by Gasteiger charge is 2.23. The minimum absolute atomic E-state index is 0.0858. The lowest BCUT2D eigenvalue weighted by Crippen LogP contribution is -2.30. The Labute approximate surface area is 138 Å². The fraction of sp³-hybridized carbons (Fsp3) is 0.450. The van der Waals surface area contributed by atoms with Crippen LogP contribution in [0.2, 0.25) is 0 Å². The molecule has 3 rings (SSSR count). The van der Waals surface area contributed by atoms with Crippen molar-refractivity contribution in [3.05, 3.63) is 57.4 Å². The first kappa shape index (κ1) is 16.0.